The molecule has 6 heteroatoms. The molecule has 2 N–H and O–H groups in total. The largest absolute Gasteiger partial charge is 0.380 e. The Labute approximate surface area is 93.0 Å². The van der Waals surface area contributed by atoms with E-state index in [0.29, 0.717) is 19.0 Å². The van der Waals surface area contributed by atoms with Crippen LogP contribution in [-0.4, -0.2) is 27.3 Å². The number of methoxy groups -OCH3 is 1. The molecular weight excluding hydrogens is 206 g/mol. The second-order valence-electron chi connectivity index (χ2n) is 3.27. The van der Waals surface area contributed by atoms with Crippen molar-refractivity contribution in [1.29, 1.82) is 0 Å². The average molecular weight is 219 g/mol. The molecule has 84 valence electrons. The molecule has 0 saturated heterocycles. The van der Waals surface area contributed by atoms with Gasteiger partial charge in [-0.25, -0.2) is 0 Å². The summed E-state index contributed by atoms with van der Waals surface area (Å²) < 4.78 is 6.76. The number of aromatic nitrogens is 4. The Hall–Kier alpha value is -1.79. The Balaban J connectivity index is 2.46. The first-order valence-electron chi connectivity index (χ1n) is 4.91. The van der Waals surface area contributed by atoms with Crippen LogP contribution in [0.25, 0.3) is 5.69 Å². The van der Waals surface area contributed by atoms with E-state index >= 15 is 0 Å². The van der Waals surface area contributed by atoms with Gasteiger partial charge < -0.3 is 10.5 Å². The number of tetrazole rings is 1. The molecule has 16 heavy (non-hydrogen) atoms. The van der Waals surface area contributed by atoms with Crippen molar-refractivity contribution in [3.05, 3.63) is 35.7 Å². The lowest BCUT2D eigenvalue weighted by atomic mass is 10.2. The summed E-state index contributed by atoms with van der Waals surface area (Å²) in [7, 11) is 1.65. The molecular formula is C10H13N5O. The van der Waals surface area contributed by atoms with Gasteiger partial charge in [-0.3, -0.25) is 0 Å². The van der Waals surface area contributed by atoms with Crippen molar-refractivity contribution in [1.82, 2.24) is 20.2 Å². The Morgan fingerprint density at radius 1 is 1.38 bits per heavy atom. The predicted molar refractivity (Wildman–Crippen MR) is 57.8 cm³/mol. The molecule has 0 aliphatic carbocycles. The van der Waals surface area contributed by atoms with Gasteiger partial charge in [0.25, 0.3) is 0 Å². The number of hydrogen-bond acceptors (Lipinski definition) is 5. The molecule has 0 atom stereocenters. The van der Waals surface area contributed by atoms with Crippen LogP contribution in [0.15, 0.2) is 24.3 Å². The van der Waals surface area contributed by atoms with E-state index in [-0.39, 0.29) is 0 Å². The summed E-state index contributed by atoms with van der Waals surface area (Å²) in [4.78, 5) is 0. The third-order valence-electron chi connectivity index (χ3n) is 2.24. The molecule has 0 unspecified atom stereocenters. The smallest absolute Gasteiger partial charge is 0.170 e. The van der Waals surface area contributed by atoms with Crippen LogP contribution >= 0.6 is 0 Å². The molecule has 0 saturated carbocycles. The minimum absolute atomic E-state index is 0.300. The van der Waals surface area contributed by atoms with Crippen LogP contribution < -0.4 is 5.73 Å². The molecule has 0 aliphatic heterocycles. The van der Waals surface area contributed by atoms with Gasteiger partial charge in [0.15, 0.2) is 5.82 Å². The van der Waals surface area contributed by atoms with Crippen LogP contribution in [0.4, 0.5) is 0 Å². The van der Waals surface area contributed by atoms with Crippen LogP contribution in [0.5, 0.6) is 0 Å². The monoisotopic (exact) mass is 219 g/mol. The van der Waals surface area contributed by atoms with Gasteiger partial charge in [-0.2, -0.15) is 4.68 Å². The van der Waals surface area contributed by atoms with E-state index in [1.54, 1.807) is 11.8 Å². The average Bonchev–Trinajstić information content (AvgIpc) is 2.78. The topological polar surface area (TPSA) is 78.8 Å². The molecule has 6 nitrogen and oxygen atoms in total. The number of nitrogens with two attached hydrogens (primary N) is 1. The maximum Gasteiger partial charge on any atom is 0.170 e. The molecule has 0 bridgehead atoms. The van der Waals surface area contributed by atoms with Gasteiger partial charge in [0, 0.05) is 12.7 Å². The Kier molecular flexibility index (Phi) is 3.23. The van der Waals surface area contributed by atoms with Crippen LogP contribution in [0, 0.1) is 0 Å². The zero-order valence-electron chi connectivity index (χ0n) is 9.00. The maximum absolute atomic E-state index is 5.56. The summed E-state index contributed by atoms with van der Waals surface area (Å²) in [5.74, 6) is 0.628. The lowest BCUT2D eigenvalue weighted by Crippen LogP contribution is -2.10. The molecule has 1 aromatic carbocycles. The standard InChI is InChI=1S/C10H13N5O/c1-16-7-8-4-2-3-5-9(8)15-10(6-11)12-13-14-15/h2-5H,6-7,11H2,1H3. The highest BCUT2D eigenvalue weighted by molar-refractivity contribution is 5.40. The number of rotatable bonds is 4. The Bertz CT molecular complexity index is 468. The zero-order chi connectivity index (χ0) is 11.4. The van der Waals surface area contributed by atoms with Gasteiger partial charge >= 0.3 is 0 Å². The van der Waals surface area contributed by atoms with Crippen molar-refractivity contribution in [3.8, 4) is 5.69 Å². The third-order valence-corrected chi connectivity index (χ3v) is 2.24. The second kappa shape index (κ2) is 4.82. The van der Waals surface area contributed by atoms with E-state index in [4.69, 9.17) is 10.5 Å². The number of nitrogens with zero attached hydrogens (tertiary/aromatic N) is 4. The first-order chi connectivity index (χ1) is 7.86. The summed E-state index contributed by atoms with van der Waals surface area (Å²) >= 11 is 0. The van der Waals surface area contributed by atoms with Crippen molar-refractivity contribution in [2.45, 2.75) is 13.2 Å². The first-order valence-corrected chi connectivity index (χ1v) is 4.91. The van der Waals surface area contributed by atoms with E-state index in [1.165, 1.54) is 0 Å². The maximum atomic E-state index is 5.56. The van der Waals surface area contributed by atoms with E-state index in [0.717, 1.165) is 11.3 Å². The summed E-state index contributed by atoms with van der Waals surface area (Å²) in [5.41, 5.74) is 7.48. The lowest BCUT2D eigenvalue weighted by Gasteiger charge is -2.08. The molecule has 2 aromatic rings. The van der Waals surface area contributed by atoms with Gasteiger partial charge in [-0.15, -0.1) is 5.10 Å². The van der Waals surface area contributed by atoms with E-state index in [2.05, 4.69) is 15.5 Å². The highest BCUT2D eigenvalue weighted by Gasteiger charge is 2.09. The Morgan fingerprint density at radius 2 is 2.19 bits per heavy atom. The number of ether oxygens (including phenoxy) is 1. The fourth-order valence-electron chi connectivity index (χ4n) is 1.52. The second-order valence-corrected chi connectivity index (χ2v) is 3.27. The molecule has 0 spiro atoms. The molecule has 0 amide bonds. The normalized spacial score (nSPS) is 10.6. The van der Waals surface area contributed by atoms with Gasteiger partial charge in [0.2, 0.25) is 0 Å². The summed E-state index contributed by atoms with van der Waals surface area (Å²) in [6, 6.07) is 7.78. The molecule has 2 rings (SSSR count). The SMILES string of the molecule is COCc1ccccc1-n1nnnc1CN. The lowest BCUT2D eigenvalue weighted by molar-refractivity contribution is 0.184. The fourth-order valence-corrected chi connectivity index (χ4v) is 1.52. The fraction of sp³-hybridized carbons (Fsp3) is 0.300. The summed E-state index contributed by atoms with van der Waals surface area (Å²) in [6.45, 7) is 0.814. The van der Waals surface area contributed by atoms with E-state index < -0.39 is 0 Å². The third kappa shape index (κ3) is 1.93. The van der Waals surface area contributed by atoms with Crippen molar-refractivity contribution in [2.75, 3.05) is 7.11 Å². The molecule has 0 radical (unpaired) electrons. The Morgan fingerprint density at radius 3 is 2.94 bits per heavy atom. The van der Waals surface area contributed by atoms with E-state index in [1.807, 2.05) is 24.3 Å². The quantitative estimate of drug-likeness (QED) is 0.798. The summed E-state index contributed by atoms with van der Waals surface area (Å²) in [6.07, 6.45) is 0. The molecule has 1 heterocycles. The number of hydrogen-bond donors (Lipinski definition) is 1. The molecule has 1 aromatic heterocycles. The van der Waals surface area contributed by atoms with Crippen LogP contribution in [0.3, 0.4) is 0 Å². The van der Waals surface area contributed by atoms with Gasteiger partial charge in [-0.05, 0) is 16.5 Å². The summed E-state index contributed by atoms with van der Waals surface area (Å²) in [5, 5.41) is 11.4. The van der Waals surface area contributed by atoms with Crippen molar-refractivity contribution >= 4 is 0 Å². The molecule has 0 fully saturated rings. The predicted octanol–water partition coefficient (Wildman–Crippen LogP) is 0.267. The van der Waals surface area contributed by atoms with Gasteiger partial charge in [0.05, 0.1) is 18.8 Å². The van der Waals surface area contributed by atoms with Crippen molar-refractivity contribution < 1.29 is 4.74 Å². The van der Waals surface area contributed by atoms with Crippen molar-refractivity contribution in [3.63, 3.8) is 0 Å². The minimum Gasteiger partial charge on any atom is -0.380 e. The number of benzene rings is 1. The van der Waals surface area contributed by atoms with Gasteiger partial charge in [0.1, 0.15) is 0 Å². The van der Waals surface area contributed by atoms with Crippen LogP contribution in [0.2, 0.25) is 0 Å². The van der Waals surface area contributed by atoms with Gasteiger partial charge in [-0.1, -0.05) is 18.2 Å². The van der Waals surface area contributed by atoms with Crippen LogP contribution in [0.1, 0.15) is 11.4 Å². The van der Waals surface area contributed by atoms with Crippen LogP contribution in [-0.2, 0) is 17.9 Å². The highest BCUT2D eigenvalue weighted by Crippen LogP contribution is 2.14. The van der Waals surface area contributed by atoms with E-state index in [9.17, 15) is 0 Å². The molecule has 0 aliphatic rings. The van der Waals surface area contributed by atoms with Crippen molar-refractivity contribution in [2.24, 2.45) is 5.73 Å². The minimum atomic E-state index is 0.300. The highest BCUT2D eigenvalue weighted by atomic mass is 16.5. The zero-order valence-corrected chi connectivity index (χ0v) is 9.00. The number of para-hydroxylation sites is 1. The first kappa shape index (κ1) is 10.7.